The van der Waals surface area contributed by atoms with E-state index in [1.54, 1.807) is 13.2 Å². The van der Waals surface area contributed by atoms with Crippen LogP contribution >= 0.6 is 0 Å². The first-order chi connectivity index (χ1) is 13.6. The van der Waals surface area contributed by atoms with Gasteiger partial charge >= 0.3 is 5.97 Å². The number of anilines is 1. The summed E-state index contributed by atoms with van der Waals surface area (Å²) in [5.74, 6) is 0.130. The van der Waals surface area contributed by atoms with Gasteiger partial charge in [0.2, 0.25) is 5.43 Å². The monoisotopic (exact) mass is 383 g/mol. The maximum Gasteiger partial charge on any atom is 0.341 e. The average molecular weight is 383 g/mol. The van der Waals surface area contributed by atoms with E-state index in [0.29, 0.717) is 23.1 Å². The lowest BCUT2D eigenvalue weighted by Gasteiger charge is -2.24. The Hall–Kier alpha value is -2.54. The quantitative estimate of drug-likeness (QED) is 0.842. The Bertz CT molecular complexity index is 997. The van der Waals surface area contributed by atoms with E-state index in [4.69, 9.17) is 4.74 Å². The van der Waals surface area contributed by atoms with Gasteiger partial charge in [0, 0.05) is 31.4 Å². The molecule has 2 aliphatic heterocycles. The van der Waals surface area contributed by atoms with E-state index in [0.717, 1.165) is 43.7 Å². The SMILES string of the molecule is COc1c(N2CC3CCCN[C@@H]3C2)ccc2c(=O)c(C(=O)O)cn(C3CC3)c12. The Morgan fingerprint density at radius 2 is 2.07 bits per heavy atom. The summed E-state index contributed by atoms with van der Waals surface area (Å²) in [6, 6.07) is 4.42. The van der Waals surface area contributed by atoms with E-state index in [9.17, 15) is 14.7 Å². The smallest absolute Gasteiger partial charge is 0.341 e. The van der Waals surface area contributed by atoms with Crippen LogP contribution in [0.15, 0.2) is 23.1 Å². The number of pyridine rings is 1. The van der Waals surface area contributed by atoms with Gasteiger partial charge in [-0.25, -0.2) is 4.79 Å². The second kappa shape index (κ2) is 6.51. The van der Waals surface area contributed by atoms with Crippen LogP contribution in [-0.4, -0.2) is 48.4 Å². The van der Waals surface area contributed by atoms with Gasteiger partial charge in [-0.15, -0.1) is 0 Å². The zero-order valence-corrected chi connectivity index (χ0v) is 16.0. The molecule has 2 aromatic rings. The third kappa shape index (κ3) is 2.68. The summed E-state index contributed by atoms with van der Waals surface area (Å²) in [6.45, 7) is 2.97. The molecule has 148 valence electrons. The van der Waals surface area contributed by atoms with Crippen LogP contribution in [-0.2, 0) is 0 Å². The van der Waals surface area contributed by atoms with E-state index < -0.39 is 11.4 Å². The lowest BCUT2D eigenvalue weighted by atomic mass is 9.94. The second-order valence-electron chi connectivity index (χ2n) is 8.20. The number of aromatic nitrogens is 1. The van der Waals surface area contributed by atoms with E-state index in [2.05, 4.69) is 10.2 Å². The van der Waals surface area contributed by atoms with Crippen molar-refractivity contribution in [1.29, 1.82) is 0 Å². The normalized spacial score (nSPS) is 24.4. The third-order valence-electron chi connectivity index (χ3n) is 6.44. The van der Waals surface area contributed by atoms with E-state index >= 15 is 0 Å². The molecular weight excluding hydrogens is 358 g/mol. The fraction of sp³-hybridized carbons (Fsp3) is 0.524. The molecule has 0 spiro atoms. The van der Waals surface area contributed by atoms with Crippen molar-refractivity contribution in [2.24, 2.45) is 5.92 Å². The number of hydrogen-bond acceptors (Lipinski definition) is 5. The highest BCUT2D eigenvalue weighted by molar-refractivity contribution is 5.97. The van der Waals surface area contributed by atoms with E-state index in [1.807, 2.05) is 10.6 Å². The first-order valence-corrected chi connectivity index (χ1v) is 10.1. The number of rotatable bonds is 4. The number of benzene rings is 1. The Morgan fingerprint density at radius 3 is 2.75 bits per heavy atom. The zero-order valence-electron chi connectivity index (χ0n) is 16.0. The highest BCUT2D eigenvalue weighted by Gasteiger charge is 2.36. The van der Waals surface area contributed by atoms with Gasteiger partial charge in [-0.3, -0.25) is 4.79 Å². The molecular formula is C21H25N3O4. The summed E-state index contributed by atoms with van der Waals surface area (Å²) in [5.41, 5.74) is 1.09. The number of carboxylic acids is 1. The van der Waals surface area contributed by atoms with Crippen molar-refractivity contribution < 1.29 is 14.6 Å². The van der Waals surface area contributed by atoms with Crippen molar-refractivity contribution in [3.63, 3.8) is 0 Å². The standard InChI is InChI=1S/C21H25N3O4/c1-28-20-17(23-9-12-3-2-8-22-16(12)11-23)7-6-14-18(20)24(13-4-5-13)10-15(19(14)25)21(26)27/h6-7,10,12-13,16,22H,2-5,8-9,11H2,1H3,(H,26,27)/t12?,16-/m1/s1. The number of nitrogens with one attached hydrogen (secondary N) is 1. The number of aromatic carboxylic acids is 1. The zero-order chi connectivity index (χ0) is 19.4. The van der Waals surface area contributed by atoms with Crippen molar-refractivity contribution in [1.82, 2.24) is 9.88 Å². The minimum absolute atomic E-state index is 0.175. The topological polar surface area (TPSA) is 83.8 Å². The molecule has 2 atom stereocenters. The molecule has 1 aromatic heterocycles. The van der Waals surface area contributed by atoms with Crippen LogP contribution in [0, 0.1) is 5.92 Å². The first kappa shape index (κ1) is 17.6. The van der Waals surface area contributed by atoms with Gasteiger partial charge in [-0.1, -0.05) is 0 Å². The maximum absolute atomic E-state index is 12.8. The summed E-state index contributed by atoms with van der Waals surface area (Å²) in [7, 11) is 1.63. The van der Waals surface area contributed by atoms with Crippen LogP contribution in [0.2, 0.25) is 0 Å². The Balaban J connectivity index is 1.68. The molecule has 28 heavy (non-hydrogen) atoms. The maximum atomic E-state index is 12.8. The second-order valence-corrected chi connectivity index (χ2v) is 8.20. The molecule has 7 heteroatoms. The highest BCUT2D eigenvalue weighted by Crippen LogP contribution is 2.43. The van der Waals surface area contributed by atoms with Gasteiger partial charge in [0.15, 0.2) is 5.75 Å². The predicted molar refractivity (Wildman–Crippen MR) is 107 cm³/mol. The summed E-state index contributed by atoms with van der Waals surface area (Å²) < 4.78 is 7.78. The number of hydrogen-bond donors (Lipinski definition) is 2. The highest BCUT2D eigenvalue weighted by atomic mass is 16.5. The van der Waals surface area contributed by atoms with Crippen LogP contribution in [0.4, 0.5) is 5.69 Å². The number of nitrogens with zero attached hydrogens (tertiary/aromatic N) is 2. The van der Waals surface area contributed by atoms with Crippen LogP contribution in [0.25, 0.3) is 10.9 Å². The first-order valence-electron chi connectivity index (χ1n) is 10.1. The van der Waals surface area contributed by atoms with Crippen molar-refractivity contribution in [3.05, 3.63) is 34.1 Å². The predicted octanol–water partition coefficient (Wildman–Crippen LogP) is 2.23. The summed E-state index contributed by atoms with van der Waals surface area (Å²) >= 11 is 0. The molecule has 0 amide bonds. The number of carboxylic acid groups (broad SMARTS) is 1. The molecule has 5 rings (SSSR count). The molecule has 1 aromatic carbocycles. The summed E-state index contributed by atoms with van der Waals surface area (Å²) in [6.07, 6.45) is 5.93. The van der Waals surface area contributed by atoms with E-state index in [-0.39, 0.29) is 11.6 Å². The molecule has 0 radical (unpaired) electrons. The lowest BCUT2D eigenvalue weighted by molar-refractivity contribution is 0.0695. The van der Waals surface area contributed by atoms with Crippen molar-refractivity contribution in [3.8, 4) is 5.75 Å². The molecule has 1 saturated carbocycles. The molecule has 3 fully saturated rings. The molecule has 2 saturated heterocycles. The van der Waals surface area contributed by atoms with Crippen LogP contribution in [0.5, 0.6) is 5.75 Å². The van der Waals surface area contributed by atoms with Crippen LogP contribution in [0.3, 0.4) is 0 Å². The van der Waals surface area contributed by atoms with Crippen LogP contribution < -0.4 is 20.4 Å². The largest absolute Gasteiger partial charge is 0.492 e. The molecule has 1 unspecified atom stereocenters. The third-order valence-corrected chi connectivity index (χ3v) is 6.44. The number of carbonyl (C=O) groups is 1. The van der Waals surface area contributed by atoms with Gasteiger partial charge < -0.3 is 24.6 Å². The molecule has 2 N–H and O–H groups in total. The van der Waals surface area contributed by atoms with Crippen molar-refractivity contribution in [2.75, 3.05) is 31.6 Å². The van der Waals surface area contributed by atoms with Gasteiger partial charge in [0.05, 0.1) is 23.7 Å². The number of piperidine rings is 1. The fourth-order valence-corrected chi connectivity index (χ4v) is 4.89. The van der Waals surface area contributed by atoms with Gasteiger partial charge in [0.1, 0.15) is 5.56 Å². The Labute approximate surface area is 162 Å². The number of fused-ring (bicyclic) bond motifs is 2. The summed E-state index contributed by atoms with van der Waals surface area (Å²) in [4.78, 5) is 26.7. The molecule has 7 nitrogen and oxygen atoms in total. The van der Waals surface area contributed by atoms with Crippen molar-refractivity contribution >= 4 is 22.6 Å². The molecule has 3 heterocycles. The minimum Gasteiger partial charge on any atom is -0.492 e. The van der Waals surface area contributed by atoms with Gasteiger partial charge in [0.25, 0.3) is 0 Å². The molecule has 0 bridgehead atoms. The lowest BCUT2D eigenvalue weighted by Crippen LogP contribution is -2.40. The van der Waals surface area contributed by atoms with E-state index in [1.165, 1.54) is 19.0 Å². The fourth-order valence-electron chi connectivity index (χ4n) is 4.89. The molecule has 3 aliphatic rings. The van der Waals surface area contributed by atoms with Crippen LogP contribution in [0.1, 0.15) is 42.1 Å². The minimum atomic E-state index is -1.18. The molecule has 1 aliphatic carbocycles. The number of methoxy groups -OCH3 is 1. The summed E-state index contributed by atoms with van der Waals surface area (Å²) in [5, 5.41) is 13.5. The van der Waals surface area contributed by atoms with Gasteiger partial charge in [-0.05, 0) is 50.3 Å². The van der Waals surface area contributed by atoms with Crippen molar-refractivity contribution in [2.45, 2.75) is 37.8 Å². The Morgan fingerprint density at radius 1 is 1.25 bits per heavy atom. The Kier molecular flexibility index (Phi) is 4.08. The van der Waals surface area contributed by atoms with Gasteiger partial charge in [-0.2, -0.15) is 0 Å². The average Bonchev–Trinajstić information content (AvgIpc) is 3.45. The number of ether oxygens (including phenoxy) is 1.